The van der Waals surface area contributed by atoms with Crippen LogP contribution < -0.4 is 0 Å². The van der Waals surface area contributed by atoms with Crippen molar-refractivity contribution in [3.8, 4) is 0 Å². The van der Waals surface area contributed by atoms with Gasteiger partial charge in [0.15, 0.2) is 5.82 Å². The Hall–Kier alpha value is -2.30. The Morgan fingerprint density at radius 2 is 2.00 bits per heavy atom. The fourth-order valence-corrected chi connectivity index (χ4v) is 1.51. The van der Waals surface area contributed by atoms with E-state index in [1.54, 1.807) is 6.20 Å². The molecule has 0 aliphatic heterocycles. The summed E-state index contributed by atoms with van der Waals surface area (Å²) < 4.78 is 4.66. The maximum atomic E-state index is 4.66. The zero-order chi connectivity index (χ0) is 10.8. The van der Waals surface area contributed by atoms with Crippen molar-refractivity contribution in [1.29, 1.82) is 0 Å². The van der Waals surface area contributed by atoms with Crippen molar-refractivity contribution in [3.63, 3.8) is 0 Å². The monoisotopic (exact) mass is 212 g/mol. The molecular formula is C11H8N4O. The average Bonchev–Trinajstić information content (AvgIpc) is 2.82. The van der Waals surface area contributed by atoms with Crippen LogP contribution >= 0.6 is 0 Å². The number of aromatic nitrogens is 4. The van der Waals surface area contributed by atoms with Crippen molar-refractivity contribution in [2.24, 2.45) is 0 Å². The van der Waals surface area contributed by atoms with Crippen molar-refractivity contribution in [2.75, 3.05) is 0 Å². The van der Waals surface area contributed by atoms with E-state index >= 15 is 0 Å². The smallest absolute Gasteiger partial charge is 0.213 e. The van der Waals surface area contributed by atoms with E-state index in [4.69, 9.17) is 0 Å². The summed E-state index contributed by atoms with van der Waals surface area (Å²) in [4.78, 5) is 12.6. The van der Waals surface area contributed by atoms with Gasteiger partial charge in [-0.05, 0) is 6.07 Å². The van der Waals surface area contributed by atoms with Crippen molar-refractivity contribution in [1.82, 2.24) is 20.1 Å². The molecule has 0 saturated heterocycles. The molecule has 0 aliphatic carbocycles. The van der Waals surface area contributed by atoms with E-state index in [9.17, 15) is 0 Å². The number of benzene rings is 1. The molecule has 0 bridgehead atoms. The van der Waals surface area contributed by atoms with Gasteiger partial charge < -0.3 is 4.52 Å². The summed E-state index contributed by atoms with van der Waals surface area (Å²) in [6.07, 6.45) is 3.59. The van der Waals surface area contributed by atoms with Gasteiger partial charge in [0.25, 0.3) is 0 Å². The summed E-state index contributed by atoms with van der Waals surface area (Å²) in [6.45, 7) is 0. The number of hydrogen-bond acceptors (Lipinski definition) is 5. The maximum Gasteiger partial charge on any atom is 0.213 e. The third-order valence-electron chi connectivity index (χ3n) is 2.26. The molecule has 2 aromatic heterocycles. The number of rotatable bonds is 2. The zero-order valence-electron chi connectivity index (χ0n) is 8.37. The van der Waals surface area contributed by atoms with Crippen LogP contribution in [-0.2, 0) is 6.42 Å². The minimum Gasteiger partial charge on any atom is -0.343 e. The Labute approximate surface area is 91.2 Å². The fraction of sp³-hybridized carbons (Fsp3) is 0.0909. The Morgan fingerprint density at radius 3 is 2.88 bits per heavy atom. The van der Waals surface area contributed by atoms with Crippen molar-refractivity contribution in [3.05, 3.63) is 48.5 Å². The highest BCUT2D eigenvalue weighted by molar-refractivity contribution is 5.77. The van der Waals surface area contributed by atoms with Gasteiger partial charge in [0.05, 0.1) is 11.9 Å². The molecule has 3 rings (SSSR count). The average molecular weight is 212 g/mol. The summed E-state index contributed by atoms with van der Waals surface area (Å²) in [6, 6.07) is 7.85. The van der Waals surface area contributed by atoms with Crippen LogP contribution in [0.2, 0.25) is 0 Å². The van der Waals surface area contributed by atoms with Gasteiger partial charge in [-0.3, -0.25) is 0 Å². The van der Waals surface area contributed by atoms with Crippen LogP contribution in [0, 0.1) is 0 Å². The third-order valence-corrected chi connectivity index (χ3v) is 2.26. The van der Waals surface area contributed by atoms with Crippen LogP contribution in [0.25, 0.3) is 10.9 Å². The first-order valence-corrected chi connectivity index (χ1v) is 4.88. The van der Waals surface area contributed by atoms with Crippen LogP contribution in [0.4, 0.5) is 0 Å². The highest BCUT2D eigenvalue weighted by atomic mass is 16.5. The van der Waals surface area contributed by atoms with Crippen LogP contribution in [0.3, 0.4) is 0 Å². The Kier molecular flexibility index (Phi) is 2.07. The Balaban J connectivity index is 1.99. The van der Waals surface area contributed by atoms with E-state index < -0.39 is 0 Å². The molecule has 2 heterocycles. The highest BCUT2D eigenvalue weighted by Gasteiger charge is 2.04. The first-order chi connectivity index (χ1) is 7.92. The van der Waals surface area contributed by atoms with E-state index in [1.165, 1.54) is 6.39 Å². The van der Waals surface area contributed by atoms with Gasteiger partial charge in [-0.2, -0.15) is 4.98 Å². The molecule has 0 unspecified atom stereocenters. The molecule has 1 aromatic carbocycles. The highest BCUT2D eigenvalue weighted by Crippen LogP contribution is 2.10. The normalized spacial score (nSPS) is 10.8. The second-order valence-electron chi connectivity index (χ2n) is 3.37. The SMILES string of the molecule is c1ccc2nc(Cc3ncon3)ncc2c1. The predicted molar refractivity (Wildman–Crippen MR) is 56.6 cm³/mol. The second-order valence-corrected chi connectivity index (χ2v) is 3.37. The molecule has 0 fully saturated rings. The molecule has 5 heteroatoms. The van der Waals surface area contributed by atoms with Gasteiger partial charge in [-0.15, -0.1) is 0 Å². The predicted octanol–water partition coefficient (Wildman–Crippen LogP) is 1.60. The Morgan fingerprint density at radius 1 is 1.06 bits per heavy atom. The van der Waals surface area contributed by atoms with Gasteiger partial charge in [0.1, 0.15) is 5.82 Å². The molecule has 78 valence electrons. The third kappa shape index (κ3) is 1.63. The van der Waals surface area contributed by atoms with Crippen molar-refractivity contribution >= 4 is 10.9 Å². The number of fused-ring (bicyclic) bond motifs is 1. The lowest BCUT2D eigenvalue weighted by molar-refractivity contribution is 0.411. The van der Waals surface area contributed by atoms with Crippen LogP contribution in [0.5, 0.6) is 0 Å². The van der Waals surface area contributed by atoms with Gasteiger partial charge in [-0.25, -0.2) is 9.97 Å². The molecule has 0 radical (unpaired) electrons. The van der Waals surface area contributed by atoms with Crippen LogP contribution in [-0.4, -0.2) is 20.1 Å². The maximum absolute atomic E-state index is 4.66. The number of hydrogen-bond donors (Lipinski definition) is 0. The number of para-hydroxylation sites is 1. The number of nitrogens with zero attached hydrogens (tertiary/aromatic N) is 4. The standard InChI is InChI=1S/C11H8N4O/c1-2-4-9-8(3-1)6-12-10(14-9)5-11-13-7-16-15-11/h1-4,6-7H,5H2. The molecule has 0 N–H and O–H groups in total. The molecule has 0 atom stereocenters. The molecule has 16 heavy (non-hydrogen) atoms. The van der Waals surface area contributed by atoms with Crippen LogP contribution in [0.1, 0.15) is 11.6 Å². The lowest BCUT2D eigenvalue weighted by Crippen LogP contribution is -1.97. The topological polar surface area (TPSA) is 64.7 Å². The van der Waals surface area contributed by atoms with E-state index in [0.717, 1.165) is 10.9 Å². The lowest BCUT2D eigenvalue weighted by Gasteiger charge is -1.98. The molecule has 0 amide bonds. The van der Waals surface area contributed by atoms with E-state index in [1.807, 2.05) is 24.3 Å². The zero-order valence-corrected chi connectivity index (χ0v) is 8.37. The second kappa shape index (κ2) is 3.69. The van der Waals surface area contributed by atoms with Crippen molar-refractivity contribution < 1.29 is 4.52 Å². The molecule has 0 aliphatic rings. The van der Waals surface area contributed by atoms with Crippen molar-refractivity contribution in [2.45, 2.75) is 6.42 Å². The van der Waals surface area contributed by atoms with Crippen LogP contribution in [0.15, 0.2) is 41.4 Å². The quantitative estimate of drug-likeness (QED) is 0.645. The summed E-state index contributed by atoms with van der Waals surface area (Å²) in [5, 5.41) is 4.75. The summed E-state index contributed by atoms with van der Waals surface area (Å²) in [5.41, 5.74) is 0.927. The lowest BCUT2D eigenvalue weighted by atomic mass is 10.2. The van der Waals surface area contributed by atoms with Gasteiger partial charge in [-0.1, -0.05) is 23.4 Å². The summed E-state index contributed by atoms with van der Waals surface area (Å²) in [7, 11) is 0. The van der Waals surface area contributed by atoms with Gasteiger partial charge in [0.2, 0.25) is 6.39 Å². The first kappa shape index (κ1) is 8.96. The minimum absolute atomic E-state index is 0.487. The molecule has 0 spiro atoms. The molecule has 0 saturated carbocycles. The molecular weight excluding hydrogens is 204 g/mol. The van der Waals surface area contributed by atoms with E-state index in [2.05, 4.69) is 24.6 Å². The fourth-order valence-electron chi connectivity index (χ4n) is 1.51. The van der Waals surface area contributed by atoms with E-state index in [0.29, 0.717) is 18.1 Å². The largest absolute Gasteiger partial charge is 0.343 e. The minimum atomic E-state index is 0.487. The summed E-state index contributed by atoms with van der Waals surface area (Å²) >= 11 is 0. The first-order valence-electron chi connectivity index (χ1n) is 4.88. The molecule has 3 aromatic rings. The summed E-state index contributed by atoms with van der Waals surface area (Å²) in [5.74, 6) is 1.29. The molecule has 5 nitrogen and oxygen atoms in total. The Bertz CT molecular complexity index is 606. The van der Waals surface area contributed by atoms with Gasteiger partial charge in [0, 0.05) is 11.6 Å². The van der Waals surface area contributed by atoms with E-state index in [-0.39, 0.29) is 0 Å². The van der Waals surface area contributed by atoms with Gasteiger partial charge >= 0.3 is 0 Å².